The van der Waals surface area contributed by atoms with Gasteiger partial charge in [0.1, 0.15) is 23.3 Å². The number of hydrogen-bond acceptors (Lipinski definition) is 4. The summed E-state index contributed by atoms with van der Waals surface area (Å²) < 4.78 is 37.9. The van der Waals surface area contributed by atoms with E-state index >= 15 is 0 Å². The number of esters is 1. The molecule has 0 saturated carbocycles. The predicted octanol–water partition coefficient (Wildman–Crippen LogP) is 2.30. The molecular weight excluding hydrogens is 282 g/mol. The van der Waals surface area contributed by atoms with Crippen molar-refractivity contribution < 1.29 is 23.0 Å². The van der Waals surface area contributed by atoms with Gasteiger partial charge in [0.25, 0.3) is 0 Å². The van der Waals surface area contributed by atoms with Crippen molar-refractivity contribution >= 4 is 5.97 Å². The number of carbonyl (C=O) groups excluding carboxylic acids is 1. The van der Waals surface area contributed by atoms with Gasteiger partial charge >= 0.3 is 5.97 Å². The molecule has 110 valence electrons. The van der Waals surface area contributed by atoms with Crippen LogP contribution < -0.4 is 0 Å². The van der Waals surface area contributed by atoms with Crippen molar-refractivity contribution in [3.63, 3.8) is 0 Å². The fourth-order valence-electron chi connectivity index (χ4n) is 2.19. The van der Waals surface area contributed by atoms with Crippen LogP contribution in [-0.2, 0) is 9.47 Å². The Balaban J connectivity index is 1.91. The second-order valence-electron chi connectivity index (χ2n) is 4.65. The molecule has 0 aliphatic carbocycles. The number of nitrogens with zero attached hydrogens (tertiary/aromatic N) is 1. The highest BCUT2D eigenvalue weighted by atomic mass is 19.1. The number of halogens is 2. The van der Waals surface area contributed by atoms with Gasteiger partial charge in [-0.2, -0.15) is 5.10 Å². The maximum absolute atomic E-state index is 13.8. The normalized spacial score (nSPS) is 17.9. The molecule has 21 heavy (non-hydrogen) atoms. The molecular formula is C14H12F2N2O3. The van der Waals surface area contributed by atoms with Gasteiger partial charge in [0.15, 0.2) is 0 Å². The van der Waals surface area contributed by atoms with Crippen molar-refractivity contribution in [1.82, 2.24) is 10.2 Å². The number of H-pyrrole nitrogens is 1. The Hall–Kier alpha value is -2.28. The van der Waals surface area contributed by atoms with Gasteiger partial charge in [-0.05, 0) is 12.1 Å². The molecule has 2 heterocycles. The minimum absolute atomic E-state index is 0.00843. The first-order chi connectivity index (χ1) is 10.2. The Morgan fingerprint density at radius 1 is 1.38 bits per heavy atom. The van der Waals surface area contributed by atoms with Crippen LogP contribution in [0.4, 0.5) is 8.78 Å². The molecule has 0 unspecified atom stereocenters. The van der Waals surface area contributed by atoms with Gasteiger partial charge in [0, 0.05) is 6.42 Å². The quantitative estimate of drug-likeness (QED) is 0.882. The third-order valence-electron chi connectivity index (χ3n) is 3.23. The number of carbonyl (C=O) groups is 1. The number of benzene rings is 1. The van der Waals surface area contributed by atoms with E-state index in [2.05, 4.69) is 10.2 Å². The average molecular weight is 294 g/mol. The molecule has 5 nitrogen and oxygen atoms in total. The first-order valence-electron chi connectivity index (χ1n) is 6.43. The maximum atomic E-state index is 13.8. The lowest BCUT2D eigenvalue weighted by Gasteiger charge is -2.10. The predicted molar refractivity (Wildman–Crippen MR) is 68.6 cm³/mol. The Labute approximate surface area is 118 Å². The number of rotatable bonds is 3. The summed E-state index contributed by atoms with van der Waals surface area (Å²) in [7, 11) is 0. The Kier molecular flexibility index (Phi) is 3.66. The lowest BCUT2D eigenvalue weighted by atomic mass is 10.1. The summed E-state index contributed by atoms with van der Waals surface area (Å²) in [4.78, 5) is 12.1. The molecule has 2 aromatic rings. The smallest absolute Gasteiger partial charge is 0.342 e. The van der Waals surface area contributed by atoms with Crippen LogP contribution in [0, 0.1) is 11.6 Å². The molecule has 1 aliphatic heterocycles. The van der Waals surface area contributed by atoms with Gasteiger partial charge in [-0.3, -0.25) is 5.10 Å². The highest BCUT2D eigenvalue weighted by molar-refractivity contribution is 5.96. The lowest BCUT2D eigenvalue weighted by Crippen LogP contribution is -2.18. The van der Waals surface area contributed by atoms with Crippen molar-refractivity contribution in [2.45, 2.75) is 12.5 Å². The van der Waals surface area contributed by atoms with E-state index in [1.807, 2.05) is 0 Å². The Bertz CT molecular complexity index is 646. The van der Waals surface area contributed by atoms with Crippen LogP contribution in [0.25, 0.3) is 11.3 Å². The molecule has 1 aliphatic rings. The fourth-order valence-corrected chi connectivity index (χ4v) is 2.19. The number of ether oxygens (including phenoxy) is 2. The molecule has 1 atom stereocenters. The van der Waals surface area contributed by atoms with Crippen LogP contribution in [-0.4, -0.2) is 35.5 Å². The molecule has 7 heteroatoms. The first-order valence-corrected chi connectivity index (χ1v) is 6.43. The number of aromatic amines is 1. The van der Waals surface area contributed by atoms with Gasteiger partial charge < -0.3 is 9.47 Å². The fraction of sp³-hybridized carbons (Fsp3) is 0.286. The van der Waals surface area contributed by atoms with E-state index in [4.69, 9.17) is 9.47 Å². The summed E-state index contributed by atoms with van der Waals surface area (Å²) in [5, 5.41) is 6.13. The molecule has 0 radical (unpaired) electrons. The Morgan fingerprint density at radius 3 is 2.81 bits per heavy atom. The molecule has 1 saturated heterocycles. The zero-order valence-corrected chi connectivity index (χ0v) is 10.9. The number of hydrogen-bond donors (Lipinski definition) is 1. The zero-order chi connectivity index (χ0) is 14.8. The largest absolute Gasteiger partial charge is 0.456 e. The summed E-state index contributed by atoms with van der Waals surface area (Å²) in [5.41, 5.74) is -0.370. The molecule has 1 fully saturated rings. The maximum Gasteiger partial charge on any atom is 0.342 e. The summed E-state index contributed by atoms with van der Waals surface area (Å²) in [6, 6.07) is 3.47. The molecule has 0 spiro atoms. The summed E-state index contributed by atoms with van der Waals surface area (Å²) in [6.07, 6.45) is 1.46. The molecule has 0 bridgehead atoms. The zero-order valence-electron chi connectivity index (χ0n) is 10.9. The van der Waals surface area contributed by atoms with E-state index in [9.17, 15) is 13.6 Å². The van der Waals surface area contributed by atoms with Crippen LogP contribution in [0.2, 0.25) is 0 Å². The second-order valence-corrected chi connectivity index (χ2v) is 4.65. The topological polar surface area (TPSA) is 64.2 Å². The highest BCUT2D eigenvalue weighted by Crippen LogP contribution is 2.28. The standard InChI is InChI=1S/C14H12F2N2O3/c15-10-2-1-3-11(16)12(10)13-9(6-17-18-13)14(19)21-8-4-5-20-7-8/h1-3,6,8H,4-5,7H2,(H,17,18)/t8-/m0/s1. The summed E-state index contributed by atoms with van der Waals surface area (Å²) >= 11 is 0. The van der Waals surface area contributed by atoms with Crippen molar-refractivity contribution in [3.8, 4) is 11.3 Å². The minimum atomic E-state index is -0.780. The van der Waals surface area contributed by atoms with E-state index in [1.54, 1.807) is 0 Å². The third-order valence-corrected chi connectivity index (χ3v) is 3.23. The van der Waals surface area contributed by atoms with Crippen LogP contribution in [0.1, 0.15) is 16.8 Å². The van der Waals surface area contributed by atoms with Crippen molar-refractivity contribution in [3.05, 3.63) is 41.6 Å². The third kappa shape index (κ3) is 2.64. The molecule has 1 aromatic heterocycles. The molecule has 1 aromatic carbocycles. The molecule has 3 rings (SSSR count). The van der Waals surface area contributed by atoms with Gasteiger partial charge in [-0.25, -0.2) is 13.6 Å². The van der Waals surface area contributed by atoms with Gasteiger partial charge in [-0.1, -0.05) is 6.07 Å². The number of aromatic nitrogens is 2. The number of nitrogens with one attached hydrogen (secondary N) is 1. The SMILES string of the molecule is O=C(O[C@H]1CCOC1)c1cn[nH]c1-c1c(F)cccc1F. The average Bonchev–Trinajstić information content (AvgIpc) is 3.09. The van der Waals surface area contributed by atoms with Crippen molar-refractivity contribution in [2.24, 2.45) is 0 Å². The van der Waals surface area contributed by atoms with E-state index in [1.165, 1.54) is 12.3 Å². The molecule has 0 amide bonds. The van der Waals surface area contributed by atoms with E-state index in [-0.39, 0.29) is 22.9 Å². The monoisotopic (exact) mass is 294 g/mol. The summed E-state index contributed by atoms with van der Waals surface area (Å²) in [5.74, 6) is -2.24. The molecule has 1 N–H and O–H groups in total. The van der Waals surface area contributed by atoms with Crippen LogP contribution in [0.3, 0.4) is 0 Å². The van der Waals surface area contributed by atoms with E-state index < -0.39 is 17.6 Å². The summed E-state index contributed by atoms with van der Waals surface area (Å²) in [6.45, 7) is 0.852. The van der Waals surface area contributed by atoms with Crippen LogP contribution in [0.15, 0.2) is 24.4 Å². The van der Waals surface area contributed by atoms with E-state index in [0.29, 0.717) is 19.6 Å². The van der Waals surface area contributed by atoms with Crippen LogP contribution in [0.5, 0.6) is 0 Å². The van der Waals surface area contributed by atoms with Gasteiger partial charge in [-0.15, -0.1) is 0 Å². The van der Waals surface area contributed by atoms with Crippen molar-refractivity contribution in [1.29, 1.82) is 0 Å². The van der Waals surface area contributed by atoms with Crippen molar-refractivity contribution in [2.75, 3.05) is 13.2 Å². The van der Waals surface area contributed by atoms with Gasteiger partial charge in [0.2, 0.25) is 0 Å². The Morgan fingerprint density at radius 2 is 2.14 bits per heavy atom. The van der Waals surface area contributed by atoms with E-state index in [0.717, 1.165) is 12.1 Å². The first kappa shape index (κ1) is 13.7. The minimum Gasteiger partial charge on any atom is -0.456 e. The van der Waals surface area contributed by atoms with Crippen LogP contribution >= 0.6 is 0 Å². The van der Waals surface area contributed by atoms with Gasteiger partial charge in [0.05, 0.1) is 30.7 Å². The second kappa shape index (κ2) is 5.61. The lowest BCUT2D eigenvalue weighted by molar-refractivity contribution is 0.0271. The highest BCUT2D eigenvalue weighted by Gasteiger charge is 2.25.